The molecule has 0 aromatic carbocycles. The smallest absolute Gasteiger partial charge is 0.233 e. The van der Waals surface area contributed by atoms with Crippen molar-refractivity contribution in [2.75, 3.05) is 6.61 Å². The van der Waals surface area contributed by atoms with Crippen LogP contribution in [-0.2, 0) is 14.3 Å². The number of carbonyl (C=O) groups excluding carboxylic acids is 2. The number of Topliss-reactive ketones (excluding diaryl/α,β-unsaturated/α-hetero) is 2. The van der Waals surface area contributed by atoms with Crippen LogP contribution in [0.3, 0.4) is 0 Å². The molecule has 5 atom stereocenters. The van der Waals surface area contributed by atoms with Gasteiger partial charge in [0.15, 0.2) is 6.29 Å². The molecule has 142 valence electrons. The highest BCUT2D eigenvalue weighted by Gasteiger charge is 2.65. The zero-order chi connectivity index (χ0) is 19.0. The van der Waals surface area contributed by atoms with Crippen molar-refractivity contribution in [2.24, 2.45) is 22.7 Å². The van der Waals surface area contributed by atoms with Gasteiger partial charge < -0.3 is 20.1 Å². The van der Waals surface area contributed by atoms with Gasteiger partial charge in [-0.25, -0.2) is 0 Å². The normalized spacial score (nSPS) is 42.9. The van der Waals surface area contributed by atoms with Gasteiger partial charge >= 0.3 is 0 Å². The first-order valence-corrected chi connectivity index (χ1v) is 9.40. The number of hydrogen-bond donors (Lipinski definition) is 3. The molecule has 0 aromatic rings. The lowest BCUT2D eigenvalue weighted by molar-refractivity contribution is -0.280. The summed E-state index contributed by atoms with van der Waals surface area (Å²) in [6.07, 6.45) is 0.527. The van der Waals surface area contributed by atoms with Gasteiger partial charge in [0.05, 0.1) is 12.7 Å². The summed E-state index contributed by atoms with van der Waals surface area (Å²) < 4.78 is 5.66. The van der Waals surface area contributed by atoms with Crippen molar-refractivity contribution in [3.63, 3.8) is 0 Å². The fourth-order valence-corrected chi connectivity index (χ4v) is 5.94. The van der Waals surface area contributed by atoms with Crippen molar-refractivity contribution in [1.29, 1.82) is 0 Å². The minimum atomic E-state index is -1.03. The molecule has 0 amide bonds. The summed E-state index contributed by atoms with van der Waals surface area (Å²) in [5.41, 5.74) is -0.802. The minimum absolute atomic E-state index is 0.0815. The lowest BCUT2D eigenvalue weighted by atomic mass is 9.46. The van der Waals surface area contributed by atoms with Gasteiger partial charge in [0.25, 0.3) is 0 Å². The SMILES string of the molecule is CC(C)C1=C(O)C2=C(C(=O)C1=O)[C@]13CCC[C@](C)([C@H](O)OC1)[C@@H]3C[C@H]2O. The highest BCUT2D eigenvalue weighted by atomic mass is 16.6. The van der Waals surface area contributed by atoms with Crippen LogP contribution >= 0.6 is 0 Å². The van der Waals surface area contributed by atoms with Crippen LogP contribution in [0.15, 0.2) is 22.5 Å². The van der Waals surface area contributed by atoms with Crippen LogP contribution in [0, 0.1) is 22.7 Å². The molecule has 1 aliphatic heterocycles. The van der Waals surface area contributed by atoms with E-state index in [-0.39, 0.29) is 40.9 Å². The van der Waals surface area contributed by atoms with Crippen molar-refractivity contribution in [2.45, 2.75) is 58.8 Å². The van der Waals surface area contributed by atoms with Crippen LogP contribution in [-0.4, -0.2) is 45.9 Å². The Morgan fingerprint density at radius 3 is 2.50 bits per heavy atom. The molecule has 6 heteroatoms. The fourth-order valence-electron chi connectivity index (χ4n) is 5.94. The maximum atomic E-state index is 13.1. The summed E-state index contributed by atoms with van der Waals surface area (Å²) >= 11 is 0. The number of hydrogen-bond acceptors (Lipinski definition) is 6. The highest BCUT2D eigenvalue weighted by Crippen LogP contribution is 2.64. The van der Waals surface area contributed by atoms with E-state index in [0.717, 1.165) is 12.8 Å². The summed E-state index contributed by atoms with van der Waals surface area (Å²) in [4.78, 5) is 25.9. The van der Waals surface area contributed by atoms with Gasteiger partial charge in [0.2, 0.25) is 11.6 Å². The molecule has 1 heterocycles. The van der Waals surface area contributed by atoms with Crippen LogP contribution in [0.2, 0.25) is 0 Å². The molecule has 26 heavy (non-hydrogen) atoms. The second kappa shape index (κ2) is 5.50. The first kappa shape index (κ1) is 17.9. The predicted molar refractivity (Wildman–Crippen MR) is 92.0 cm³/mol. The van der Waals surface area contributed by atoms with E-state index in [1.165, 1.54) is 0 Å². The van der Waals surface area contributed by atoms with Gasteiger partial charge in [-0.15, -0.1) is 0 Å². The largest absolute Gasteiger partial charge is 0.507 e. The monoisotopic (exact) mass is 362 g/mol. The van der Waals surface area contributed by atoms with E-state index in [1.807, 2.05) is 6.92 Å². The average Bonchev–Trinajstić information content (AvgIpc) is 2.56. The van der Waals surface area contributed by atoms with E-state index < -0.39 is 34.8 Å². The predicted octanol–water partition coefficient (Wildman–Crippen LogP) is 1.81. The first-order chi connectivity index (χ1) is 12.1. The molecular formula is C20H26O6. The zero-order valence-electron chi connectivity index (χ0n) is 15.4. The molecule has 0 aromatic heterocycles. The molecule has 0 unspecified atom stereocenters. The molecule has 0 spiro atoms. The Kier molecular flexibility index (Phi) is 3.79. The number of aliphatic hydroxyl groups is 3. The second-order valence-electron chi connectivity index (χ2n) is 8.85. The third-order valence-corrected chi connectivity index (χ3v) is 7.19. The lowest BCUT2D eigenvalue weighted by Gasteiger charge is -2.62. The Morgan fingerprint density at radius 1 is 1.15 bits per heavy atom. The van der Waals surface area contributed by atoms with Crippen LogP contribution in [0.25, 0.3) is 0 Å². The average molecular weight is 362 g/mol. The van der Waals surface area contributed by atoms with Gasteiger partial charge in [-0.1, -0.05) is 27.2 Å². The Morgan fingerprint density at radius 2 is 1.85 bits per heavy atom. The van der Waals surface area contributed by atoms with Crippen molar-refractivity contribution in [1.82, 2.24) is 0 Å². The van der Waals surface area contributed by atoms with Gasteiger partial charge in [0.1, 0.15) is 5.76 Å². The second-order valence-corrected chi connectivity index (χ2v) is 8.85. The standard InChI is InChI=1S/C20H26O6/c1-9(2)12-15(22)13-10(21)7-11-19(3)5-4-6-20(11,8-26-18(19)25)14(13)17(24)16(12)23/h9-11,18,21-22,25H,4-8H2,1-3H3/t10-,11+,18-,19+,20-/m1/s1. The number of aliphatic hydroxyl groups excluding tert-OH is 3. The number of carbonyl (C=O) groups is 2. The first-order valence-electron chi connectivity index (χ1n) is 9.40. The highest BCUT2D eigenvalue weighted by molar-refractivity contribution is 6.50. The molecule has 2 bridgehead atoms. The maximum Gasteiger partial charge on any atom is 0.233 e. The van der Waals surface area contributed by atoms with Crippen molar-refractivity contribution in [3.8, 4) is 0 Å². The Balaban J connectivity index is 1.98. The van der Waals surface area contributed by atoms with Gasteiger partial charge in [-0.05, 0) is 31.1 Å². The van der Waals surface area contributed by atoms with Gasteiger partial charge in [-0.2, -0.15) is 0 Å². The molecule has 4 aliphatic rings. The number of rotatable bonds is 1. The van der Waals surface area contributed by atoms with E-state index in [9.17, 15) is 24.9 Å². The maximum absolute atomic E-state index is 13.1. The zero-order valence-corrected chi connectivity index (χ0v) is 15.4. The Hall–Kier alpha value is -1.50. The Bertz CT molecular complexity index is 762. The van der Waals surface area contributed by atoms with Crippen molar-refractivity contribution < 1.29 is 29.6 Å². The minimum Gasteiger partial charge on any atom is -0.507 e. The van der Waals surface area contributed by atoms with Crippen molar-refractivity contribution >= 4 is 11.6 Å². The summed E-state index contributed by atoms with van der Waals surface area (Å²) in [6.45, 7) is 5.55. The summed E-state index contributed by atoms with van der Waals surface area (Å²) in [5.74, 6) is -2.04. The quantitative estimate of drug-likeness (QED) is 0.485. The van der Waals surface area contributed by atoms with Gasteiger partial charge in [0, 0.05) is 27.5 Å². The van der Waals surface area contributed by atoms with Crippen LogP contribution in [0.1, 0.15) is 46.5 Å². The Labute approximate surface area is 152 Å². The van der Waals surface area contributed by atoms with Crippen molar-refractivity contribution in [3.05, 3.63) is 22.5 Å². The number of ketones is 2. The van der Waals surface area contributed by atoms with Crippen LogP contribution in [0.5, 0.6) is 0 Å². The van der Waals surface area contributed by atoms with E-state index in [2.05, 4.69) is 0 Å². The number of ether oxygens (including phenoxy) is 1. The molecule has 1 saturated carbocycles. The van der Waals surface area contributed by atoms with Crippen LogP contribution < -0.4 is 0 Å². The fraction of sp³-hybridized carbons (Fsp3) is 0.700. The van der Waals surface area contributed by atoms with E-state index in [0.29, 0.717) is 12.8 Å². The summed E-state index contributed by atoms with van der Waals surface area (Å²) in [6, 6.07) is 0. The lowest BCUT2D eigenvalue weighted by Crippen LogP contribution is -2.63. The summed E-state index contributed by atoms with van der Waals surface area (Å²) in [7, 11) is 0. The van der Waals surface area contributed by atoms with E-state index >= 15 is 0 Å². The molecule has 3 N–H and O–H groups in total. The third-order valence-electron chi connectivity index (χ3n) is 7.19. The van der Waals surface area contributed by atoms with E-state index in [4.69, 9.17) is 4.74 Å². The molecule has 3 aliphatic carbocycles. The van der Waals surface area contributed by atoms with Crippen LogP contribution in [0.4, 0.5) is 0 Å². The molecular weight excluding hydrogens is 336 g/mol. The molecule has 2 fully saturated rings. The topological polar surface area (TPSA) is 104 Å². The number of allylic oxidation sites excluding steroid dienone is 1. The molecule has 1 saturated heterocycles. The third kappa shape index (κ3) is 1.98. The molecule has 4 rings (SSSR count). The van der Waals surface area contributed by atoms with E-state index in [1.54, 1.807) is 13.8 Å². The van der Waals surface area contributed by atoms with Gasteiger partial charge in [-0.3, -0.25) is 9.59 Å². The molecule has 6 nitrogen and oxygen atoms in total. The molecule has 0 radical (unpaired) electrons. The summed E-state index contributed by atoms with van der Waals surface area (Å²) in [5, 5.41) is 32.1.